The van der Waals surface area contributed by atoms with Crippen LogP contribution in [0.25, 0.3) is 0 Å². The second kappa shape index (κ2) is 5.35. The third-order valence-electron chi connectivity index (χ3n) is 2.76. The highest BCUT2D eigenvalue weighted by molar-refractivity contribution is 5.86. The normalized spacial score (nSPS) is 10.4. The molecule has 5 heteroatoms. The van der Waals surface area contributed by atoms with Crippen LogP contribution in [0.4, 0.5) is 0 Å². The maximum Gasteiger partial charge on any atom is 0.342 e. The fraction of sp³-hybridized carbons (Fsp3) is 0.231. The number of aryl methyl sites for hydroxylation is 2. The van der Waals surface area contributed by atoms with Gasteiger partial charge in [-0.3, -0.25) is 9.48 Å². The Kier molecular flexibility index (Phi) is 3.62. The predicted octanol–water partition coefficient (Wildman–Crippen LogP) is 1.51. The number of aromatic carboxylic acids is 1. The Bertz CT molecular complexity index is 584. The summed E-state index contributed by atoms with van der Waals surface area (Å²) in [5.41, 5.74) is 0.515. The van der Waals surface area contributed by atoms with Crippen molar-refractivity contribution < 1.29 is 9.90 Å². The average molecular weight is 246 g/mol. The minimum atomic E-state index is -1.20. The van der Waals surface area contributed by atoms with E-state index in [1.165, 1.54) is 16.4 Å². The van der Waals surface area contributed by atoms with E-state index in [1.54, 1.807) is 0 Å². The van der Waals surface area contributed by atoms with Gasteiger partial charge in [0.05, 0.1) is 0 Å². The highest BCUT2D eigenvalue weighted by Crippen LogP contribution is 2.03. The van der Waals surface area contributed by atoms with Crippen LogP contribution in [-0.4, -0.2) is 20.9 Å². The van der Waals surface area contributed by atoms with Gasteiger partial charge in [0.2, 0.25) is 0 Å². The van der Waals surface area contributed by atoms with E-state index in [-0.39, 0.29) is 5.56 Å². The summed E-state index contributed by atoms with van der Waals surface area (Å²) in [5, 5.41) is 11.4. The third-order valence-corrected chi connectivity index (χ3v) is 2.76. The molecule has 2 aromatic rings. The molecule has 2 rings (SSSR count). The molecule has 94 valence electrons. The first-order chi connectivity index (χ1) is 8.68. The van der Waals surface area contributed by atoms with Crippen LogP contribution in [0, 0.1) is 0 Å². The van der Waals surface area contributed by atoms with Crippen molar-refractivity contribution in [2.75, 3.05) is 0 Å². The van der Waals surface area contributed by atoms with Gasteiger partial charge in [0.15, 0.2) is 0 Å². The Morgan fingerprint density at radius 1 is 1.28 bits per heavy atom. The molecule has 0 atom stereocenters. The van der Waals surface area contributed by atoms with Crippen LogP contribution >= 0.6 is 0 Å². The minimum absolute atomic E-state index is 0.213. The Labute approximate surface area is 104 Å². The van der Waals surface area contributed by atoms with E-state index in [1.807, 2.05) is 30.3 Å². The maximum absolute atomic E-state index is 11.6. The molecule has 0 aliphatic heterocycles. The maximum atomic E-state index is 11.6. The van der Waals surface area contributed by atoms with Crippen LogP contribution in [0.3, 0.4) is 0 Å². The molecule has 1 aromatic carbocycles. The summed E-state index contributed by atoms with van der Waals surface area (Å²) in [4.78, 5) is 22.3. The van der Waals surface area contributed by atoms with Crippen LogP contribution in [0.5, 0.6) is 0 Å². The number of aromatic amines is 1. The van der Waals surface area contributed by atoms with Gasteiger partial charge in [-0.1, -0.05) is 30.3 Å². The predicted molar refractivity (Wildman–Crippen MR) is 66.8 cm³/mol. The molecule has 1 aromatic heterocycles. The molecule has 1 heterocycles. The second-order valence-corrected chi connectivity index (χ2v) is 4.04. The van der Waals surface area contributed by atoms with Crippen molar-refractivity contribution in [2.24, 2.45) is 0 Å². The minimum Gasteiger partial charge on any atom is -0.477 e. The molecular weight excluding hydrogens is 232 g/mol. The van der Waals surface area contributed by atoms with E-state index in [4.69, 9.17) is 5.11 Å². The lowest BCUT2D eigenvalue weighted by atomic mass is 10.1. The quantitative estimate of drug-likeness (QED) is 0.839. The number of carboxylic acids is 1. The molecule has 0 saturated carbocycles. The van der Waals surface area contributed by atoms with Crippen molar-refractivity contribution in [3.63, 3.8) is 0 Å². The van der Waals surface area contributed by atoms with E-state index in [0.29, 0.717) is 6.54 Å². The second-order valence-electron chi connectivity index (χ2n) is 4.04. The monoisotopic (exact) mass is 246 g/mol. The fourth-order valence-corrected chi connectivity index (χ4v) is 1.81. The van der Waals surface area contributed by atoms with Gasteiger partial charge in [-0.15, -0.1) is 0 Å². The number of hydrogen-bond donors (Lipinski definition) is 2. The Balaban J connectivity index is 1.95. The number of H-pyrrole nitrogens is 1. The molecule has 0 radical (unpaired) electrons. The number of benzene rings is 1. The van der Waals surface area contributed by atoms with Crippen molar-refractivity contribution in [1.82, 2.24) is 9.78 Å². The number of rotatable bonds is 5. The third kappa shape index (κ3) is 2.68. The molecule has 18 heavy (non-hydrogen) atoms. The molecule has 0 amide bonds. The highest BCUT2D eigenvalue weighted by Gasteiger charge is 2.12. The molecule has 0 bridgehead atoms. The SMILES string of the molecule is O=C(O)c1c[nH]n(CCCc2ccccc2)c1=O. The van der Waals surface area contributed by atoms with Crippen molar-refractivity contribution >= 4 is 5.97 Å². The van der Waals surface area contributed by atoms with Crippen molar-refractivity contribution in [1.29, 1.82) is 0 Å². The summed E-state index contributed by atoms with van der Waals surface area (Å²) in [6.07, 6.45) is 2.87. The molecule has 0 aliphatic rings. The number of nitrogens with one attached hydrogen (secondary N) is 1. The van der Waals surface area contributed by atoms with E-state index < -0.39 is 11.5 Å². The van der Waals surface area contributed by atoms with Crippen molar-refractivity contribution in [2.45, 2.75) is 19.4 Å². The average Bonchev–Trinajstić information content (AvgIpc) is 2.73. The lowest BCUT2D eigenvalue weighted by Crippen LogP contribution is -2.21. The van der Waals surface area contributed by atoms with Gasteiger partial charge in [-0.25, -0.2) is 4.79 Å². The van der Waals surface area contributed by atoms with E-state index in [9.17, 15) is 9.59 Å². The molecule has 0 fully saturated rings. The summed E-state index contributed by atoms with van der Waals surface area (Å²) >= 11 is 0. The van der Waals surface area contributed by atoms with Crippen LogP contribution in [0.15, 0.2) is 41.3 Å². The van der Waals surface area contributed by atoms with Crippen LogP contribution in [-0.2, 0) is 13.0 Å². The molecule has 5 nitrogen and oxygen atoms in total. The summed E-state index contributed by atoms with van der Waals surface area (Å²) in [6.45, 7) is 0.487. The Morgan fingerprint density at radius 3 is 2.61 bits per heavy atom. The summed E-state index contributed by atoms with van der Waals surface area (Å²) in [7, 11) is 0. The first-order valence-electron chi connectivity index (χ1n) is 5.74. The number of aromatic nitrogens is 2. The summed E-state index contributed by atoms with van der Waals surface area (Å²) in [5.74, 6) is -1.20. The Hall–Kier alpha value is -2.30. The van der Waals surface area contributed by atoms with Gasteiger partial charge in [-0.2, -0.15) is 0 Å². The van der Waals surface area contributed by atoms with Crippen molar-refractivity contribution in [3.8, 4) is 0 Å². The van der Waals surface area contributed by atoms with E-state index in [2.05, 4.69) is 5.10 Å². The topological polar surface area (TPSA) is 75.1 Å². The van der Waals surface area contributed by atoms with Crippen LogP contribution < -0.4 is 5.56 Å². The van der Waals surface area contributed by atoms with Gasteiger partial charge in [0.1, 0.15) is 5.56 Å². The molecular formula is C13H14N2O3. The van der Waals surface area contributed by atoms with Gasteiger partial charge >= 0.3 is 5.97 Å². The van der Waals surface area contributed by atoms with Gasteiger partial charge < -0.3 is 10.2 Å². The number of carbonyl (C=O) groups is 1. The zero-order valence-electron chi connectivity index (χ0n) is 9.80. The smallest absolute Gasteiger partial charge is 0.342 e. The largest absolute Gasteiger partial charge is 0.477 e. The molecule has 0 aliphatic carbocycles. The molecule has 0 spiro atoms. The van der Waals surface area contributed by atoms with Gasteiger partial charge in [-0.05, 0) is 18.4 Å². The highest BCUT2D eigenvalue weighted by atomic mass is 16.4. The summed E-state index contributed by atoms with van der Waals surface area (Å²) in [6, 6.07) is 9.95. The number of carboxylic acid groups (broad SMARTS) is 1. The van der Waals surface area contributed by atoms with Gasteiger partial charge in [0, 0.05) is 12.7 Å². The van der Waals surface area contributed by atoms with E-state index >= 15 is 0 Å². The first kappa shape index (κ1) is 12.2. The molecule has 2 N–H and O–H groups in total. The molecule has 0 saturated heterocycles. The lowest BCUT2D eigenvalue weighted by Gasteiger charge is -2.02. The number of hydrogen-bond acceptors (Lipinski definition) is 2. The van der Waals surface area contributed by atoms with Crippen molar-refractivity contribution in [3.05, 3.63) is 58.0 Å². The Morgan fingerprint density at radius 2 is 2.00 bits per heavy atom. The zero-order valence-corrected chi connectivity index (χ0v) is 9.80. The lowest BCUT2D eigenvalue weighted by molar-refractivity contribution is 0.0695. The fourth-order valence-electron chi connectivity index (χ4n) is 1.81. The van der Waals surface area contributed by atoms with Crippen LogP contribution in [0.1, 0.15) is 22.3 Å². The first-order valence-corrected chi connectivity index (χ1v) is 5.74. The number of nitrogens with zero attached hydrogens (tertiary/aromatic N) is 1. The zero-order chi connectivity index (χ0) is 13.0. The summed E-state index contributed by atoms with van der Waals surface area (Å²) < 4.78 is 1.33. The van der Waals surface area contributed by atoms with E-state index in [0.717, 1.165) is 12.8 Å². The standard InChI is InChI=1S/C13H14N2O3/c16-12-11(13(17)18)9-14-15(12)8-4-7-10-5-2-1-3-6-10/h1-3,5-6,9,14H,4,7-8H2,(H,17,18). The van der Waals surface area contributed by atoms with Crippen LogP contribution in [0.2, 0.25) is 0 Å². The molecule has 0 unspecified atom stereocenters. The van der Waals surface area contributed by atoms with Gasteiger partial charge in [0.25, 0.3) is 5.56 Å².